The first kappa shape index (κ1) is 18.1. The fourth-order valence-corrected chi connectivity index (χ4v) is 2.62. The van der Waals surface area contributed by atoms with Crippen LogP contribution >= 0.6 is 11.8 Å². The average Bonchev–Trinajstić information content (AvgIpc) is 2.58. The van der Waals surface area contributed by atoms with Crippen molar-refractivity contribution < 1.29 is 22.7 Å². The van der Waals surface area contributed by atoms with Crippen molar-refractivity contribution in [3.05, 3.63) is 65.2 Å². The molecule has 0 saturated carbocycles. The van der Waals surface area contributed by atoms with E-state index >= 15 is 0 Å². The Bertz CT molecular complexity index is 767. The van der Waals surface area contributed by atoms with E-state index in [4.69, 9.17) is 4.74 Å². The number of ketones is 1. The van der Waals surface area contributed by atoms with Gasteiger partial charge in [-0.05, 0) is 42.2 Å². The number of halogens is 3. The predicted molar refractivity (Wildman–Crippen MR) is 89.6 cm³/mol. The highest BCUT2D eigenvalue weighted by Crippen LogP contribution is 2.30. The third-order valence-corrected chi connectivity index (χ3v) is 4.09. The topological polar surface area (TPSA) is 26.3 Å². The predicted octanol–water partition coefficient (Wildman–Crippen LogP) is 5.33. The molecule has 0 N–H and O–H groups in total. The number of thioether (sulfide) groups is 1. The van der Waals surface area contributed by atoms with Crippen molar-refractivity contribution in [2.45, 2.75) is 11.1 Å². The van der Waals surface area contributed by atoms with Gasteiger partial charge in [0.25, 0.3) is 0 Å². The van der Waals surface area contributed by atoms with Gasteiger partial charge in [-0.15, -0.1) is 11.8 Å². The largest absolute Gasteiger partial charge is 0.496 e. The number of hydrogen-bond acceptors (Lipinski definition) is 3. The first-order chi connectivity index (χ1) is 11.3. The molecule has 0 amide bonds. The first-order valence-electron chi connectivity index (χ1n) is 6.97. The smallest absolute Gasteiger partial charge is 0.416 e. The molecule has 0 atom stereocenters. The third kappa shape index (κ3) is 4.41. The molecule has 0 fully saturated rings. The highest BCUT2D eigenvalue weighted by Gasteiger charge is 2.30. The molecule has 6 heteroatoms. The number of benzene rings is 2. The monoisotopic (exact) mass is 352 g/mol. The van der Waals surface area contributed by atoms with Crippen LogP contribution in [0.1, 0.15) is 21.5 Å². The summed E-state index contributed by atoms with van der Waals surface area (Å²) in [7, 11) is 1.55. The van der Waals surface area contributed by atoms with Crippen molar-refractivity contribution in [3.63, 3.8) is 0 Å². The van der Waals surface area contributed by atoms with Crippen molar-refractivity contribution in [1.29, 1.82) is 0 Å². The van der Waals surface area contributed by atoms with Gasteiger partial charge in [0.05, 0.1) is 12.7 Å². The zero-order chi connectivity index (χ0) is 17.7. The maximum Gasteiger partial charge on any atom is 0.416 e. The van der Waals surface area contributed by atoms with Crippen molar-refractivity contribution in [1.82, 2.24) is 0 Å². The number of hydrogen-bond donors (Lipinski definition) is 0. The number of alkyl halides is 3. The summed E-state index contributed by atoms with van der Waals surface area (Å²) in [4.78, 5) is 13.0. The molecule has 0 radical (unpaired) electrons. The molecule has 0 aromatic heterocycles. The van der Waals surface area contributed by atoms with Crippen LogP contribution in [0.3, 0.4) is 0 Å². The summed E-state index contributed by atoms with van der Waals surface area (Å²) in [5.41, 5.74) is -0.119. The second-order valence-electron chi connectivity index (χ2n) is 4.89. The van der Waals surface area contributed by atoms with Crippen LogP contribution in [0.2, 0.25) is 0 Å². The van der Waals surface area contributed by atoms with Crippen LogP contribution in [0, 0.1) is 0 Å². The Hall–Kier alpha value is -2.21. The van der Waals surface area contributed by atoms with Crippen molar-refractivity contribution >= 4 is 23.6 Å². The van der Waals surface area contributed by atoms with E-state index in [9.17, 15) is 18.0 Å². The number of ether oxygens (including phenoxy) is 1. The molecule has 24 heavy (non-hydrogen) atoms. The summed E-state index contributed by atoms with van der Waals surface area (Å²) in [6.07, 6.45) is 0.254. The summed E-state index contributed by atoms with van der Waals surface area (Å²) in [6.45, 7) is 0. The van der Waals surface area contributed by atoms with Crippen LogP contribution in [-0.2, 0) is 6.18 Å². The van der Waals surface area contributed by atoms with Gasteiger partial charge in [-0.2, -0.15) is 13.2 Å². The third-order valence-electron chi connectivity index (χ3n) is 3.31. The molecule has 0 heterocycles. The molecule has 0 aliphatic carbocycles. The number of methoxy groups -OCH3 is 1. The number of carbonyl (C=O) groups is 1. The molecule has 0 aliphatic rings. The quantitative estimate of drug-likeness (QED) is 0.413. The van der Waals surface area contributed by atoms with E-state index in [0.717, 1.165) is 22.6 Å². The minimum Gasteiger partial charge on any atom is -0.496 e. The van der Waals surface area contributed by atoms with Crippen LogP contribution in [0.5, 0.6) is 5.75 Å². The molecule has 2 aromatic carbocycles. The fraction of sp³-hybridized carbons (Fsp3) is 0.167. The molecular weight excluding hydrogens is 337 g/mol. The van der Waals surface area contributed by atoms with Crippen molar-refractivity contribution in [2.75, 3.05) is 13.4 Å². The van der Waals surface area contributed by atoms with E-state index in [0.29, 0.717) is 5.75 Å². The molecule has 0 saturated heterocycles. The van der Waals surface area contributed by atoms with Gasteiger partial charge in [-0.25, -0.2) is 0 Å². The lowest BCUT2D eigenvalue weighted by Crippen LogP contribution is -2.06. The van der Waals surface area contributed by atoms with Gasteiger partial charge < -0.3 is 4.74 Å². The maximum atomic E-state index is 12.7. The summed E-state index contributed by atoms with van der Waals surface area (Å²) in [6, 6.07) is 9.81. The van der Waals surface area contributed by atoms with E-state index < -0.39 is 17.5 Å². The molecule has 0 bridgehead atoms. The molecule has 126 valence electrons. The molecule has 0 aliphatic heterocycles. The van der Waals surface area contributed by atoms with Crippen molar-refractivity contribution in [3.8, 4) is 5.75 Å². The second kappa shape index (κ2) is 7.57. The molecular formula is C18H15F3O2S. The van der Waals surface area contributed by atoms with Crippen molar-refractivity contribution in [2.24, 2.45) is 0 Å². The van der Waals surface area contributed by atoms with Crippen LogP contribution in [0.4, 0.5) is 13.2 Å². The van der Waals surface area contributed by atoms with Crippen LogP contribution in [0.15, 0.2) is 53.4 Å². The zero-order valence-electron chi connectivity index (χ0n) is 13.1. The Balaban J connectivity index is 2.22. The van der Waals surface area contributed by atoms with Gasteiger partial charge in [0, 0.05) is 10.5 Å². The average molecular weight is 352 g/mol. The van der Waals surface area contributed by atoms with Gasteiger partial charge in [0.1, 0.15) is 5.75 Å². The Morgan fingerprint density at radius 3 is 2.54 bits per heavy atom. The normalized spacial score (nSPS) is 11.7. The summed E-state index contributed by atoms with van der Waals surface area (Å²) < 4.78 is 43.3. The van der Waals surface area contributed by atoms with Crippen LogP contribution in [-0.4, -0.2) is 19.1 Å². The number of rotatable bonds is 5. The second-order valence-corrected chi connectivity index (χ2v) is 5.74. The van der Waals surface area contributed by atoms with E-state index in [1.54, 1.807) is 19.3 Å². The van der Waals surface area contributed by atoms with Gasteiger partial charge in [-0.1, -0.05) is 24.3 Å². The minimum atomic E-state index is -4.47. The highest BCUT2D eigenvalue weighted by atomic mass is 32.2. The summed E-state index contributed by atoms with van der Waals surface area (Å²) in [5, 5.41) is 0. The maximum absolute atomic E-state index is 12.7. The van der Waals surface area contributed by atoms with Crippen LogP contribution < -0.4 is 4.74 Å². The Morgan fingerprint density at radius 1 is 1.17 bits per heavy atom. The molecule has 0 unspecified atom stereocenters. The Kier molecular flexibility index (Phi) is 5.72. The number of allylic oxidation sites excluding steroid dienone is 1. The van der Waals surface area contributed by atoms with Gasteiger partial charge in [0.2, 0.25) is 0 Å². The van der Waals surface area contributed by atoms with Gasteiger partial charge in [-0.3, -0.25) is 4.79 Å². The lowest BCUT2D eigenvalue weighted by atomic mass is 10.1. The minimum absolute atomic E-state index is 0.00576. The van der Waals surface area contributed by atoms with Crippen LogP contribution in [0.25, 0.3) is 6.08 Å². The molecule has 2 nitrogen and oxygen atoms in total. The Labute approximate surface area is 142 Å². The molecule has 0 spiro atoms. The zero-order valence-corrected chi connectivity index (χ0v) is 13.9. The lowest BCUT2D eigenvalue weighted by molar-refractivity contribution is -0.137. The van der Waals surface area contributed by atoms with E-state index in [-0.39, 0.29) is 5.56 Å². The lowest BCUT2D eigenvalue weighted by Gasteiger charge is -2.07. The summed E-state index contributed by atoms with van der Waals surface area (Å²) >= 11 is 1.53. The molecule has 2 rings (SSSR count). The first-order valence-corrected chi connectivity index (χ1v) is 8.19. The van der Waals surface area contributed by atoms with Gasteiger partial charge in [0.15, 0.2) is 5.78 Å². The fourth-order valence-electron chi connectivity index (χ4n) is 2.07. The number of carbonyl (C=O) groups excluding carboxylic acids is 1. The SMILES string of the molecule is COc1cc(C=CC(=O)c2cccc(C(F)(F)F)c2)ccc1SC. The van der Waals surface area contributed by atoms with E-state index in [1.807, 2.05) is 18.4 Å². The highest BCUT2D eigenvalue weighted by molar-refractivity contribution is 7.98. The summed E-state index contributed by atoms with van der Waals surface area (Å²) in [5.74, 6) is 0.185. The van der Waals surface area contributed by atoms with E-state index in [2.05, 4.69) is 0 Å². The van der Waals surface area contributed by atoms with Gasteiger partial charge >= 0.3 is 6.18 Å². The van der Waals surface area contributed by atoms with E-state index in [1.165, 1.54) is 30.0 Å². The molecule has 2 aromatic rings. The standard InChI is InChI=1S/C18H15F3O2S/c1-23-16-10-12(7-9-17(16)24-2)6-8-15(22)13-4-3-5-14(11-13)18(19,20)21/h3-11H,1-2H3. The Morgan fingerprint density at radius 2 is 1.92 bits per heavy atom.